The van der Waals surface area contributed by atoms with Crippen molar-refractivity contribution in [1.29, 1.82) is 0 Å². The summed E-state index contributed by atoms with van der Waals surface area (Å²) in [6.07, 6.45) is 2.50. The number of hydrogen-bond acceptors (Lipinski definition) is 2. The Balaban J connectivity index is 2.37. The zero-order valence-corrected chi connectivity index (χ0v) is 11.1. The highest BCUT2D eigenvalue weighted by Gasteiger charge is 2.30. The smallest absolute Gasteiger partial charge is 0.387 e. The number of terminal acetylenes is 1. The number of aliphatic hydroxyl groups excluding tert-OH is 1. The summed E-state index contributed by atoms with van der Waals surface area (Å²) in [6, 6.07) is 4.55. The summed E-state index contributed by atoms with van der Waals surface area (Å²) in [5.41, 5.74) is -0.246. The SMILES string of the molecule is C#CCCCCNCC(O)c1ccc(C(F)(F)F)cc1. The van der Waals surface area contributed by atoms with E-state index in [-0.39, 0.29) is 0 Å². The van der Waals surface area contributed by atoms with Crippen molar-refractivity contribution in [3.05, 3.63) is 35.4 Å². The second-order valence-electron chi connectivity index (χ2n) is 4.50. The number of hydrogen-bond donors (Lipinski definition) is 2. The van der Waals surface area contributed by atoms with Gasteiger partial charge in [0.05, 0.1) is 11.7 Å². The summed E-state index contributed by atoms with van der Waals surface area (Å²) in [6.45, 7) is 1.03. The number of rotatable bonds is 7. The Morgan fingerprint density at radius 2 is 1.85 bits per heavy atom. The van der Waals surface area contributed by atoms with Crippen molar-refractivity contribution < 1.29 is 18.3 Å². The molecular formula is C15H18F3NO. The number of halogens is 3. The Bertz CT molecular complexity index is 434. The average molecular weight is 285 g/mol. The highest BCUT2D eigenvalue weighted by molar-refractivity contribution is 5.26. The van der Waals surface area contributed by atoms with Gasteiger partial charge in [0.1, 0.15) is 0 Å². The Kier molecular flexibility index (Phi) is 6.56. The Morgan fingerprint density at radius 3 is 2.40 bits per heavy atom. The lowest BCUT2D eigenvalue weighted by Gasteiger charge is -2.13. The first-order valence-corrected chi connectivity index (χ1v) is 6.44. The number of aliphatic hydroxyl groups is 1. The molecule has 20 heavy (non-hydrogen) atoms. The molecule has 0 fully saturated rings. The molecule has 0 aliphatic heterocycles. The van der Waals surface area contributed by atoms with Gasteiger partial charge in [0, 0.05) is 13.0 Å². The predicted octanol–water partition coefficient (Wildman–Crippen LogP) is 3.13. The summed E-state index contributed by atoms with van der Waals surface area (Å²) in [4.78, 5) is 0. The monoisotopic (exact) mass is 285 g/mol. The maximum Gasteiger partial charge on any atom is 0.416 e. The van der Waals surface area contributed by atoms with Gasteiger partial charge in [0.2, 0.25) is 0 Å². The molecule has 1 unspecified atom stereocenters. The van der Waals surface area contributed by atoms with E-state index in [4.69, 9.17) is 6.42 Å². The summed E-state index contributed by atoms with van der Waals surface area (Å²) in [5, 5.41) is 12.9. The minimum atomic E-state index is -4.35. The molecule has 0 aliphatic carbocycles. The van der Waals surface area contributed by atoms with Gasteiger partial charge in [-0.3, -0.25) is 0 Å². The van der Waals surface area contributed by atoms with Crippen LogP contribution in [0.5, 0.6) is 0 Å². The van der Waals surface area contributed by atoms with Crippen LogP contribution >= 0.6 is 0 Å². The van der Waals surface area contributed by atoms with Crippen LogP contribution < -0.4 is 5.32 Å². The molecule has 5 heteroatoms. The van der Waals surface area contributed by atoms with E-state index in [1.807, 2.05) is 0 Å². The fourth-order valence-corrected chi connectivity index (χ4v) is 1.73. The second-order valence-corrected chi connectivity index (χ2v) is 4.50. The van der Waals surface area contributed by atoms with Gasteiger partial charge in [-0.25, -0.2) is 0 Å². The first kappa shape index (κ1) is 16.5. The van der Waals surface area contributed by atoms with Gasteiger partial charge in [-0.2, -0.15) is 13.2 Å². The molecule has 1 aromatic carbocycles. The van der Waals surface area contributed by atoms with Crippen LogP contribution in [0.1, 0.15) is 36.5 Å². The number of alkyl halides is 3. The van der Waals surface area contributed by atoms with Crippen molar-refractivity contribution in [2.24, 2.45) is 0 Å². The van der Waals surface area contributed by atoms with Crippen molar-refractivity contribution in [3.8, 4) is 12.3 Å². The lowest BCUT2D eigenvalue weighted by atomic mass is 10.1. The van der Waals surface area contributed by atoms with E-state index in [0.29, 0.717) is 12.1 Å². The van der Waals surface area contributed by atoms with Crippen LogP contribution in [-0.4, -0.2) is 18.2 Å². The molecule has 1 rings (SSSR count). The lowest BCUT2D eigenvalue weighted by Crippen LogP contribution is -2.22. The third-order valence-corrected chi connectivity index (χ3v) is 2.89. The molecule has 0 heterocycles. The van der Waals surface area contributed by atoms with Crippen molar-refractivity contribution >= 4 is 0 Å². The first-order chi connectivity index (χ1) is 9.45. The van der Waals surface area contributed by atoms with E-state index in [9.17, 15) is 18.3 Å². The van der Waals surface area contributed by atoms with Crippen molar-refractivity contribution in [2.45, 2.75) is 31.5 Å². The molecule has 0 aromatic heterocycles. The molecule has 0 radical (unpaired) electrons. The molecule has 110 valence electrons. The highest BCUT2D eigenvalue weighted by atomic mass is 19.4. The van der Waals surface area contributed by atoms with Crippen LogP contribution in [0.25, 0.3) is 0 Å². The Hall–Kier alpha value is -1.51. The van der Waals surface area contributed by atoms with Gasteiger partial charge in [-0.05, 0) is 37.1 Å². The molecule has 0 aliphatic rings. The van der Waals surface area contributed by atoms with Gasteiger partial charge >= 0.3 is 6.18 Å². The molecule has 2 N–H and O–H groups in total. The molecule has 0 amide bonds. The van der Waals surface area contributed by atoms with E-state index >= 15 is 0 Å². The van der Waals surface area contributed by atoms with Crippen molar-refractivity contribution in [3.63, 3.8) is 0 Å². The summed E-state index contributed by atoms with van der Waals surface area (Å²) in [7, 11) is 0. The minimum Gasteiger partial charge on any atom is -0.387 e. The number of nitrogens with one attached hydrogen (secondary N) is 1. The summed E-state index contributed by atoms with van der Waals surface area (Å²) < 4.78 is 37.1. The van der Waals surface area contributed by atoms with E-state index in [0.717, 1.165) is 37.9 Å². The molecule has 1 atom stereocenters. The van der Waals surface area contributed by atoms with Crippen LogP contribution in [0.3, 0.4) is 0 Å². The standard InChI is InChI=1S/C15H18F3NO/c1-2-3-4-5-10-19-11-14(20)12-6-8-13(9-7-12)15(16,17)18/h1,6-9,14,19-20H,3-5,10-11H2. The molecule has 0 saturated heterocycles. The molecular weight excluding hydrogens is 267 g/mol. The second kappa shape index (κ2) is 7.93. The van der Waals surface area contributed by atoms with Gasteiger partial charge in [-0.1, -0.05) is 12.1 Å². The Morgan fingerprint density at radius 1 is 1.20 bits per heavy atom. The van der Waals surface area contributed by atoms with Crippen molar-refractivity contribution in [2.75, 3.05) is 13.1 Å². The van der Waals surface area contributed by atoms with E-state index in [2.05, 4.69) is 11.2 Å². The zero-order chi connectivity index (χ0) is 15.0. The maximum atomic E-state index is 12.4. The molecule has 0 spiro atoms. The quantitative estimate of drug-likeness (QED) is 0.596. The fraction of sp³-hybridized carbons (Fsp3) is 0.467. The Labute approximate surface area is 117 Å². The molecule has 0 saturated carbocycles. The summed E-state index contributed by atoms with van der Waals surface area (Å²) >= 11 is 0. The predicted molar refractivity (Wildman–Crippen MR) is 72.0 cm³/mol. The molecule has 1 aromatic rings. The first-order valence-electron chi connectivity index (χ1n) is 6.44. The zero-order valence-electron chi connectivity index (χ0n) is 11.1. The van der Waals surface area contributed by atoms with Gasteiger partial charge < -0.3 is 10.4 Å². The van der Waals surface area contributed by atoms with E-state index in [1.165, 1.54) is 12.1 Å². The third-order valence-electron chi connectivity index (χ3n) is 2.89. The van der Waals surface area contributed by atoms with Crippen molar-refractivity contribution in [1.82, 2.24) is 5.32 Å². The molecule has 2 nitrogen and oxygen atoms in total. The minimum absolute atomic E-state index is 0.307. The third kappa shape index (κ3) is 5.64. The number of benzene rings is 1. The van der Waals surface area contributed by atoms with E-state index < -0.39 is 17.8 Å². The van der Waals surface area contributed by atoms with Crippen LogP contribution in [0.4, 0.5) is 13.2 Å². The average Bonchev–Trinajstić information content (AvgIpc) is 2.41. The topological polar surface area (TPSA) is 32.3 Å². The summed E-state index contributed by atoms with van der Waals surface area (Å²) in [5.74, 6) is 2.54. The molecule has 0 bridgehead atoms. The van der Waals surface area contributed by atoms with Gasteiger partial charge in [0.25, 0.3) is 0 Å². The van der Waals surface area contributed by atoms with E-state index in [1.54, 1.807) is 0 Å². The van der Waals surface area contributed by atoms with Crippen LogP contribution in [0.15, 0.2) is 24.3 Å². The number of unbranched alkanes of at least 4 members (excludes halogenated alkanes) is 2. The van der Waals surface area contributed by atoms with Gasteiger partial charge in [0.15, 0.2) is 0 Å². The largest absolute Gasteiger partial charge is 0.416 e. The maximum absolute atomic E-state index is 12.4. The van der Waals surface area contributed by atoms with Gasteiger partial charge in [-0.15, -0.1) is 12.3 Å². The van der Waals surface area contributed by atoms with Crippen LogP contribution in [-0.2, 0) is 6.18 Å². The van der Waals surface area contributed by atoms with Crippen LogP contribution in [0.2, 0.25) is 0 Å². The normalized spacial score (nSPS) is 12.9. The van der Waals surface area contributed by atoms with Crippen LogP contribution in [0, 0.1) is 12.3 Å². The fourth-order valence-electron chi connectivity index (χ4n) is 1.73. The highest BCUT2D eigenvalue weighted by Crippen LogP contribution is 2.29. The lowest BCUT2D eigenvalue weighted by molar-refractivity contribution is -0.137.